The van der Waals surface area contributed by atoms with Crippen molar-refractivity contribution in [1.82, 2.24) is 10.3 Å². The first-order valence-electron chi connectivity index (χ1n) is 6.64. The molecule has 0 saturated heterocycles. The summed E-state index contributed by atoms with van der Waals surface area (Å²) < 4.78 is 5.25. The van der Waals surface area contributed by atoms with Gasteiger partial charge in [-0.3, -0.25) is 4.79 Å². The lowest BCUT2D eigenvalue weighted by molar-refractivity contribution is 0.0927. The molecule has 2 heterocycles. The summed E-state index contributed by atoms with van der Waals surface area (Å²) in [6.45, 7) is 0.578. The minimum absolute atomic E-state index is 0.233. The molecule has 21 heavy (non-hydrogen) atoms. The lowest BCUT2D eigenvalue weighted by Crippen LogP contribution is -2.25. The lowest BCUT2D eigenvalue weighted by atomic mass is 10.1. The van der Waals surface area contributed by atoms with E-state index in [0.29, 0.717) is 12.2 Å². The van der Waals surface area contributed by atoms with Crippen molar-refractivity contribution in [2.75, 3.05) is 6.54 Å². The van der Waals surface area contributed by atoms with Crippen molar-refractivity contribution in [3.8, 4) is 11.3 Å². The van der Waals surface area contributed by atoms with E-state index in [9.17, 15) is 4.79 Å². The number of rotatable bonds is 5. The van der Waals surface area contributed by atoms with E-state index in [1.54, 1.807) is 11.3 Å². The van der Waals surface area contributed by atoms with Crippen LogP contribution in [0.1, 0.15) is 15.4 Å². The highest BCUT2D eigenvalue weighted by atomic mass is 32.1. The van der Waals surface area contributed by atoms with Crippen LogP contribution in [0.25, 0.3) is 11.3 Å². The molecule has 0 aliphatic carbocycles. The zero-order chi connectivity index (χ0) is 14.5. The van der Waals surface area contributed by atoms with E-state index in [4.69, 9.17) is 4.42 Å². The molecule has 106 valence electrons. The Morgan fingerprint density at radius 2 is 2.05 bits per heavy atom. The van der Waals surface area contributed by atoms with Crippen molar-refractivity contribution in [2.24, 2.45) is 0 Å². The van der Waals surface area contributed by atoms with Gasteiger partial charge in [0.2, 0.25) is 5.76 Å². The number of oxazole rings is 1. The summed E-state index contributed by atoms with van der Waals surface area (Å²) in [5.41, 5.74) is 1.44. The maximum absolute atomic E-state index is 12.2. The summed E-state index contributed by atoms with van der Waals surface area (Å²) in [7, 11) is 0. The van der Waals surface area contributed by atoms with Gasteiger partial charge in [-0.2, -0.15) is 0 Å². The number of carbonyl (C=O) groups excluding carboxylic acids is 1. The van der Waals surface area contributed by atoms with E-state index in [1.807, 2.05) is 41.8 Å². The van der Waals surface area contributed by atoms with Gasteiger partial charge in [0.05, 0.1) is 0 Å². The Bertz CT molecular complexity index is 705. The summed E-state index contributed by atoms with van der Waals surface area (Å²) in [5, 5.41) is 4.90. The summed E-state index contributed by atoms with van der Waals surface area (Å²) in [5.74, 6) is 0.0234. The number of hydrogen-bond acceptors (Lipinski definition) is 4. The molecule has 0 aliphatic heterocycles. The topological polar surface area (TPSA) is 55.1 Å². The van der Waals surface area contributed by atoms with Gasteiger partial charge in [-0.15, -0.1) is 11.3 Å². The van der Waals surface area contributed by atoms with Crippen LogP contribution in [0.4, 0.5) is 0 Å². The molecule has 3 rings (SSSR count). The second-order valence-corrected chi connectivity index (χ2v) is 5.51. The smallest absolute Gasteiger partial charge is 0.289 e. The van der Waals surface area contributed by atoms with E-state index in [-0.39, 0.29) is 11.7 Å². The van der Waals surface area contributed by atoms with Crippen LogP contribution < -0.4 is 5.32 Å². The van der Waals surface area contributed by atoms with Crippen LogP contribution in [0.3, 0.4) is 0 Å². The molecule has 0 fully saturated rings. The molecule has 4 nitrogen and oxygen atoms in total. The van der Waals surface area contributed by atoms with Crippen LogP contribution in [-0.2, 0) is 6.42 Å². The van der Waals surface area contributed by atoms with Gasteiger partial charge in [0.15, 0.2) is 6.39 Å². The van der Waals surface area contributed by atoms with Crippen LogP contribution in [0.2, 0.25) is 0 Å². The molecule has 3 aromatic rings. The Morgan fingerprint density at radius 1 is 1.19 bits per heavy atom. The summed E-state index contributed by atoms with van der Waals surface area (Å²) in [4.78, 5) is 17.6. The zero-order valence-electron chi connectivity index (χ0n) is 11.3. The molecule has 0 aliphatic rings. The van der Waals surface area contributed by atoms with Crippen molar-refractivity contribution < 1.29 is 9.21 Å². The molecule has 2 aromatic heterocycles. The molecular weight excluding hydrogens is 284 g/mol. The highest BCUT2D eigenvalue weighted by Crippen LogP contribution is 2.21. The third kappa shape index (κ3) is 3.20. The Balaban J connectivity index is 1.67. The van der Waals surface area contributed by atoms with E-state index >= 15 is 0 Å². The highest BCUT2D eigenvalue weighted by molar-refractivity contribution is 7.09. The van der Waals surface area contributed by atoms with Crippen LogP contribution in [0, 0.1) is 0 Å². The number of amides is 1. The second kappa shape index (κ2) is 6.37. The molecule has 5 heteroatoms. The Morgan fingerprint density at radius 3 is 2.81 bits per heavy atom. The summed E-state index contributed by atoms with van der Waals surface area (Å²) in [6, 6.07) is 13.6. The highest BCUT2D eigenvalue weighted by Gasteiger charge is 2.17. The van der Waals surface area contributed by atoms with Crippen molar-refractivity contribution in [2.45, 2.75) is 6.42 Å². The fraction of sp³-hybridized carbons (Fsp3) is 0.125. The van der Waals surface area contributed by atoms with Gasteiger partial charge in [-0.05, 0) is 17.9 Å². The summed E-state index contributed by atoms with van der Waals surface area (Å²) >= 11 is 1.69. The monoisotopic (exact) mass is 298 g/mol. The third-order valence-corrected chi connectivity index (χ3v) is 3.99. The van der Waals surface area contributed by atoms with Crippen molar-refractivity contribution >= 4 is 17.2 Å². The number of thiophene rings is 1. The van der Waals surface area contributed by atoms with Crippen LogP contribution in [0.15, 0.2) is 58.7 Å². The quantitative estimate of drug-likeness (QED) is 0.785. The minimum Gasteiger partial charge on any atom is -0.438 e. The van der Waals surface area contributed by atoms with Gasteiger partial charge in [0.1, 0.15) is 5.69 Å². The van der Waals surface area contributed by atoms with E-state index in [1.165, 1.54) is 11.3 Å². The van der Waals surface area contributed by atoms with E-state index < -0.39 is 0 Å². The van der Waals surface area contributed by atoms with E-state index in [2.05, 4.69) is 16.4 Å². The molecule has 1 N–H and O–H groups in total. The van der Waals surface area contributed by atoms with Crippen LogP contribution in [0.5, 0.6) is 0 Å². The molecule has 0 unspecified atom stereocenters. The lowest BCUT2D eigenvalue weighted by Gasteiger charge is -2.03. The Kier molecular flexibility index (Phi) is 4.12. The summed E-state index contributed by atoms with van der Waals surface area (Å²) in [6.07, 6.45) is 2.12. The van der Waals surface area contributed by atoms with Crippen molar-refractivity contribution in [3.63, 3.8) is 0 Å². The number of hydrogen-bond donors (Lipinski definition) is 1. The molecule has 0 atom stereocenters. The van der Waals surface area contributed by atoms with Crippen LogP contribution in [-0.4, -0.2) is 17.4 Å². The van der Waals surface area contributed by atoms with Gasteiger partial charge in [-0.25, -0.2) is 4.98 Å². The average Bonchev–Trinajstić information content (AvgIpc) is 3.19. The van der Waals surface area contributed by atoms with E-state index in [0.717, 1.165) is 12.0 Å². The maximum Gasteiger partial charge on any atom is 0.289 e. The number of carbonyl (C=O) groups is 1. The number of benzene rings is 1. The zero-order valence-corrected chi connectivity index (χ0v) is 12.1. The van der Waals surface area contributed by atoms with Crippen molar-refractivity contribution in [1.29, 1.82) is 0 Å². The average molecular weight is 298 g/mol. The molecule has 0 bridgehead atoms. The van der Waals surface area contributed by atoms with Gasteiger partial charge in [0, 0.05) is 17.0 Å². The standard InChI is InChI=1S/C16H14N2O2S/c19-16(17-9-8-13-7-4-10-21-13)15-14(18-11-20-15)12-5-2-1-3-6-12/h1-7,10-11H,8-9H2,(H,17,19). The molecule has 0 spiro atoms. The van der Waals surface area contributed by atoms with Crippen LogP contribution >= 0.6 is 11.3 Å². The number of nitrogens with one attached hydrogen (secondary N) is 1. The Hall–Kier alpha value is -2.40. The van der Waals surface area contributed by atoms with Gasteiger partial charge >= 0.3 is 0 Å². The first-order valence-corrected chi connectivity index (χ1v) is 7.52. The predicted molar refractivity (Wildman–Crippen MR) is 82.3 cm³/mol. The fourth-order valence-electron chi connectivity index (χ4n) is 2.04. The SMILES string of the molecule is O=C(NCCc1cccs1)c1ocnc1-c1ccccc1. The fourth-order valence-corrected chi connectivity index (χ4v) is 2.75. The number of nitrogens with zero attached hydrogens (tertiary/aromatic N) is 1. The molecule has 1 aromatic carbocycles. The van der Waals surface area contributed by atoms with Gasteiger partial charge in [-0.1, -0.05) is 36.4 Å². The molecular formula is C16H14N2O2S. The first kappa shape index (κ1) is 13.6. The normalized spacial score (nSPS) is 10.5. The van der Waals surface area contributed by atoms with Crippen molar-refractivity contribution in [3.05, 3.63) is 64.9 Å². The molecule has 1 amide bonds. The predicted octanol–water partition coefficient (Wildman–Crippen LogP) is 3.38. The second-order valence-electron chi connectivity index (χ2n) is 4.48. The first-order chi connectivity index (χ1) is 10.3. The molecule has 0 saturated carbocycles. The Labute approximate surface area is 126 Å². The molecule has 0 radical (unpaired) electrons. The third-order valence-electron chi connectivity index (χ3n) is 3.06. The number of aromatic nitrogens is 1. The minimum atomic E-state index is -0.233. The maximum atomic E-state index is 12.2. The van der Waals surface area contributed by atoms with Gasteiger partial charge in [0.25, 0.3) is 5.91 Å². The van der Waals surface area contributed by atoms with Gasteiger partial charge < -0.3 is 9.73 Å². The largest absolute Gasteiger partial charge is 0.438 e.